The molecule has 0 fully saturated rings. The number of hydrogen-bond acceptors (Lipinski definition) is 4. The van der Waals surface area contributed by atoms with Crippen molar-refractivity contribution >= 4 is 11.5 Å². The van der Waals surface area contributed by atoms with Gasteiger partial charge in [0.15, 0.2) is 11.5 Å². The minimum Gasteiger partial charge on any atom is -0.435 e. The second kappa shape index (κ2) is 9.59. The normalized spacial score (nSPS) is 17.8. The Kier molecular flexibility index (Phi) is 6.61. The van der Waals surface area contributed by atoms with Crippen LogP contribution in [0.3, 0.4) is 0 Å². The van der Waals surface area contributed by atoms with Gasteiger partial charge in [-0.15, -0.1) is 0 Å². The van der Waals surface area contributed by atoms with Gasteiger partial charge in [0, 0.05) is 23.2 Å². The molecule has 5 nitrogen and oxygen atoms in total. The number of amides is 1. The minimum absolute atomic E-state index is 0.0725. The molecule has 170 valence electrons. The number of hydrogen-bond donors (Lipinski definition) is 1. The molecule has 0 spiro atoms. The Morgan fingerprint density at radius 3 is 2.42 bits per heavy atom. The summed E-state index contributed by atoms with van der Waals surface area (Å²) in [5.74, 6) is 0.745. The van der Waals surface area contributed by atoms with Crippen LogP contribution in [-0.4, -0.2) is 42.0 Å². The van der Waals surface area contributed by atoms with Gasteiger partial charge in [-0.1, -0.05) is 73.7 Å². The van der Waals surface area contributed by atoms with Crippen LogP contribution in [0.4, 0.5) is 0 Å². The van der Waals surface area contributed by atoms with Crippen molar-refractivity contribution in [1.82, 2.24) is 15.2 Å². The molecule has 1 aliphatic carbocycles. The van der Waals surface area contributed by atoms with E-state index < -0.39 is 0 Å². The first-order valence-electron chi connectivity index (χ1n) is 11.4. The van der Waals surface area contributed by atoms with E-state index in [-0.39, 0.29) is 11.4 Å². The Morgan fingerprint density at radius 1 is 1.09 bits per heavy atom. The molecule has 1 aliphatic rings. The molecule has 4 rings (SSSR count). The number of allylic oxidation sites excluding steroid dienone is 2. The Bertz CT molecular complexity index is 1190. The minimum atomic E-state index is -0.214. The first-order valence-corrected chi connectivity index (χ1v) is 11.4. The molecule has 33 heavy (non-hydrogen) atoms. The highest BCUT2D eigenvalue weighted by molar-refractivity contribution is 5.98. The fourth-order valence-corrected chi connectivity index (χ4v) is 3.87. The van der Waals surface area contributed by atoms with Crippen molar-refractivity contribution in [2.45, 2.75) is 32.2 Å². The Labute approximate surface area is 195 Å². The zero-order valence-corrected chi connectivity index (χ0v) is 19.8. The number of carbonyl (C=O) groups excluding carboxylic acids is 1. The summed E-state index contributed by atoms with van der Waals surface area (Å²) in [6.07, 6.45) is 8.00. The van der Waals surface area contributed by atoms with Gasteiger partial charge in [0.1, 0.15) is 0 Å². The van der Waals surface area contributed by atoms with E-state index >= 15 is 0 Å². The van der Waals surface area contributed by atoms with E-state index in [0.29, 0.717) is 23.9 Å². The predicted molar refractivity (Wildman–Crippen MR) is 134 cm³/mol. The quantitative estimate of drug-likeness (QED) is 0.502. The van der Waals surface area contributed by atoms with Crippen LogP contribution in [0.25, 0.3) is 28.2 Å². The Morgan fingerprint density at radius 2 is 1.79 bits per heavy atom. The zero-order chi connectivity index (χ0) is 23.4. The average Bonchev–Trinajstić information content (AvgIpc) is 3.29. The van der Waals surface area contributed by atoms with Gasteiger partial charge >= 0.3 is 0 Å². The van der Waals surface area contributed by atoms with E-state index in [1.807, 2.05) is 55.5 Å². The zero-order valence-electron chi connectivity index (χ0n) is 19.8. The number of likely N-dealkylation sites (N-methyl/N-ethyl adjacent to an activating group) is 1. The molecule has 0 saturated heterocycles. The third kappa shape index (κ3) is 4.69. The molecular weight excluding hydrogens is 410 g/mol. The molecule has 5 heteroatoms. The molecule has 1 unspecified atom stereocenters. The number of nitrogens with zero attached hydrogens (tertiary/aromatic N) is 2. The predicted octanol–water partition coefficient (Wildman–Crippen LogP) is 5.81. The van der Waals surface area contributed by atoms with Gasteiger partial charge in [-0.05, 0) is 51.1 Å². The summed E-state index contributed by atoms with van der Waals surface area (Å²) in [7, 11) is 4.14. The lowest BCUT2D eigenvalue weighted by molar-refractivity contribution is 0.0948. The fourth-order valence-electron chi connectivity index (χ4n) is 3.87. The molecule has 0 bridgehead atoms. The molecule has 0 saturated carbocycles. The first kappa shape index (κ1) is 22.7. The average molecular weight is 442 g/mol. The summed E-state index contributed by atoms with van der Waals surface area (Å²) in [6, 6.07) is 18.1. The maximum atomic E-state index is 13.0. The van der Waals surface area contributed by atoms with Gasteiger partial charge in [-0.25, -0.2) is 4.98 Å². The van der Waals surface area contributed by atoms with Crippen molar-refractivity contribution in [2.75, 3.05) is 20.6 Å². The van der Waals surface area contributed by atoms with Gasteiger partial charge < -0.3 is 14.6 Å². The van der Waals surface area contributed by atoms with Crippen LogP contribution in [-0.2, 0) is 0 Å². The first-order chi connectivity index (χ1) is 15.9. The van der Waals surface area contributed by atoms with E-state index in [4.69, 9.17) is 9.40 Å². The molecule has 1 amide bonds. The smallest absolute Gasteiger partial charge is 0.273 e. The van der Waals surface area contributed by atoms with Gasteiger partial charge in [-0.2, -0.15) is 0 Å². The van der Waals surface area contributed by atoms with E-state index in [1.165, 1.54) is 0 Å². The van der Waals surface area contributed by atoms with Crippen molar-refractivity contribution in [3.8, 4) is 22.6 Å². The van der Waals surface area contributed by atoms with E-state index in [9.17, 15) is 4.79 Å². The highest BCUT2D eigenvalue weighted by Gasteiger charge is 2.29. The van der Waals surface area contributed by atoms with Crippen molar-refractivity contribution < 1.29 is 9.21 Å². The molecule has 1 N–H and O–H groups in total. The van der Waals surface area contributed by atoms with Crippen molar-refractivity contribution in [1.29, 1.82) is 0 Å². The van der Waals surface area contributed by atoms with Crippen LogP contribution < -0.4 is 5.32 Å². The number of oxazole rings is 1. The van der Waals surface area contributed by atoms with Crippen LogP contribution in [0.15, 0.2) is 77.2 Å². The SMILES string of the molecule is CCCNC(=O)c1nc(-c2ccccc2-c2ccccc2)oc1C1=CCC(C)(N(C)C)C=C1. The van der Waals surface area contributed by atoms with Crippen LogP contribution in [0.1, 0.15) is 42.9 Å². The Hall–Kier alpha value is -3.44. The van der Waals surface area contributed by atoms with Crippen LogP contribution in [0, 0.1) is 0 Å². The lowest BCUT2D eigenvalue weighted by atomic mass is 9.88. The molecule has 1 aromatic heterocycles. The summed E-state index contributed by atoms with van der Waals surface area (Å²) in [4.78, 5) is 19.9. The molecule has 0 radical (unpaired) electrons. The monoisotopic (exact) mass is 441 g/mol. The number of carbonyl (C=O) groups is 1. The molecule has 0 aliphatic heterocycles. The van der Waals surface area contributed by atoms with Crippen LogP contribution in [0.5, 0.6) is 0 Å². The van der Waals surface area contributed by atoms with Gasteiger partial charge in [0.2, 0.25) is 5.89 Å². The summed E-state index contributed by atoms with van der Waals surface area (Å²) < 4.78 is 6.33. The summed E-state index contributed by atoms with van der Waals surface area (Å²) in [5, 5.41) is 2.95. The maximum Gasteiger partial charge on any atom is 0.273 e. The molecule has 3 aromatic rings. The molecule has 2 aromatic carbocycles. The lowest BCUT2D eigenvalue weighted by Gasteiger charge is -2.34. The van der Waals surface area contributed by atoms with Crippen LogP contribution >= 0.6 is 0 Å². The molecule has 1 heterocycles. The van der Waals surface area contributed by atoms with Crippen LogP contribution in [0.2, 0.25) is 0 Å². The number of aromatic nitrogens is 1. The van der Waals surface area contributed by atoms with Gasteiger partial charge in [0.05, 0.1) is 0 Å². The third-order valence-electron chi connectivity index (χ3n) is 6.26. The maximum absolute atomic E-state index is 13.0. The highest BCUT2D eigenvalue weighted by Crippen LogP contribution is 2.36. The van der Waals surface area contributed by atoms with E-state index in [2.05, 4.69) is 55.5 Å². The van der Waals surface area contributed by atoms with Gasteiger partial charge in [0.25, 0.3) is 5.91 Å². The summed E-state index contributed by atoms with van der Waals surface area (Å²) in [6.45, 7) is 4.81. The second-order valence-electron chi connectivity index (χ2n) is 8.81. The van der Waals surface area contributed by atoms with Crippen molar-refractivity contribution in [2.24, 2.45) is 0 Å². The standard InChI is InChI=1S/C28H31N3O2/c1-5-19-29-26(32)24-25(21-15-17-28(2,18-16-21)31(3)4)33-27(30-24)23-14-10-9-13-22(23)20-11-7-6-8-12-20/h6-17H,5,18-19H2,1-4H3,(H,29,32). The van der Waals surface area contributed by atoms with E-state index in [1.54, 1.807) is 0 Å². The number of benzene rings is 2. The molecular formula is C28H31N3O2. The topological polar surface area (TPSA) is 58.4 Å². The van der Waals surface area contributed by atoms with Crippen molar-refractivity contribution in [3.05, 3.63) is 84.3 Å². The highest BCUT2D eigenvalue weighted by atomic mass is 16.4. The van der Waals surface area contributed by atoms with Gasteiger partial charge in [-0.3, -0.25) is 4.79 Å². The lowest BCUT2D eigenvalue weighted by Crippen LogP contribution is -2.39. The Balaban J connectivity index is 1.79. The number of nitrogens with one attached hydrogen (secondary N) is 1. The largest absolute Gasteiger partial charge is 0.435 e. The molecule has 1 atom stereocenters. The summed E-state index contributed by atoms with van der Waals surface area (Å²) in [5.41, 5.74) is 4.08. The third-order valence-corrected chi connectivity index (χ3v) is 6.26. The summed E-state index contributed by atoms with van der Waals surface area (Å²) >= 11 is 0. The number of rotatable bonds is 7. The fraction of sp³-hybridized carbons (Fsp3) is 0.286. The van der Waals surface area contributed by atoms with Crippen molar-refractivity contribution in [3.63, 3.8) is 0 Å². The van der Waals surface area contributed by atoms with E-state index in [0.717, 1.165) is 35.1 Å². The second-order valence-corrected chi connectivity index (χ2v) is 8.81.